The highest BCUT2D eigenvalue weighted by Crippen LogP contribution is 2.14. The molecule has 2 aliphatic heterocycles. The SMILES string of the molecule is CC(CC1CCCN1)NCC(C(C)C)N1CCN(C)CC1. The van der Waals surface area contributed by atoms with Crippen LogP contribution in [-0.2, 0) is 0 Å². The van der Waals surface area contributed by atoms with Gasteiger partial charge in [0.05, 0.1) is 0 Å². The Morgan fingerprint density at radius 1 is 1.14 bits per heavy atom. The lowest BCUT2D eigenvalue weighted by Crippen LogP contribution is -2.54. The van der Waals surface area contributed by atoms with Crippen LogP contribution in [0.4, 0.5) is 0 Å². The standard InChI is InChI=1S/C17H36N4/c1-14(2)17(21-10-8-20(4)9-11-21)13-19-15(3)12-16-6-5-7-18-16/h14-19H,5-13H2,1-4H3. The van der Waals surface area contributed by atoms with Gasteiger partial charge in [-0.3, -0.25) is 4.90 Å². The van der Waals surface area contributed by atoms with Crippen molar-refractivity contribution >= 4 is 0 Å². The van der Waals surface area contributed by atoms with Crippen LogP contribution in [0.5, 0.6) is 0 Å². The Hall–Kier alpha value is -0.160. The highest BCUT2D eigenvalue weighted by atomic mass is 15.3. The van der Waals surface area contributed by atoms with Crippen LogP contribution in [0.15, 0.2) is 0 Å². The number of likely N-dealkylation sites (N-methyl/N-ethyl adjacent to an activating group) is 1. The molecule has 2 saturated heterocycles. The molecule has 2 rings (SSSR count). The summed E-state index contributed by atoms with van der Waals surface area (Å²) < 4.78 is 0. The zero-order valence-electron chi connectivity index (χ0n) is 14.6. The van der Waals surface area contributed by atoms with Crippen molar-refractivity contribution in [2.75, 3.05) is 46.3 Å². The van der Waals surface area contributed by atoms with Crippen LogP contribution in [0.1, 0.15) is 40.0 Å². The van der Waals surface area contributed by atoms with Crippen molar-refractivity contribution in [3.05, 3.63) is 0 Å². The Kier molecular flexibility index (Phi) is 6.93. The van der Waals surface area contributed by atoms with Crippen molar-refractivity contribution in [2.24, 2.45) is 5.92 Å². The molecular formula is C17H36N4. The molecule has 0 aromatic rings. The summed E-state index contributed by atoms with van der Waals surface area (Å²) in [6, 6.07) is 2.04. The first-order valence-corrected chi connectivity index (χ1v) is 8.95. The van der Waals surface area contributed by atoms with Gasteiger partial charge in [-0.25, -0.2) is 0 Å². The second kappa shape index (κ2) is 8.47. The van der Waals surface area contributed by atoms with Gasteiger partial charge in [0.15, 0.2) is 0 Å². The van der Waals surface area contributed by atoms with E-state index in [-0.39, 0.29) is 0 Å². The summed E-state index contributed by atoms with van der Waals surface area (Å²) >= 11 is 0. The van der Waals surface area contributed by atoms with E-state index in [0.717, 1.165) is 18.5 Å². The molecule has 21 heavy (non-hydrogen) atoms. The Balaban J connectivity index is 1.74. The maximum Gasteiger partial charge on any atom is 0.0244 e. The van der Waals surface area contributed by atoms with Gasteiger partial charge < -0.3 is 15.5 Å². The lowest BCUT2D eigenvalue weighted by atomic mass is 10.00. The molecule has 3 atom stereocenters. The first-order valence-electron chi connectivity index (χ1n) is 8.95. The Morgan fingerprint density at radius 3 is 2.43 bits per heavy atom. The monoisotopic (exact) mass is 296 g/mol. The van der Waals surface area contributed by atoms with Crippen LogP contribution in [0.2, 0.25) is 0 Å². The lowest BCUT2D eigenvalue weighted by Gasteiger charge is -2.40. The molecule has 0 bridgehead atoms. The molecule has 0 radical (unpaired) electrons. The lowest BCUT2D eigenvalue weighted by molar-refractivity contribution is 0.0860. The number of piperazine rings is 1. The molecular weight excluding hydrogens is 260 g/mol. The Bertz CT molecular complexity index is 281. The van der Waals surface area contributed by atoms with Gasteiger partial charge in [0.1, 0.15) is 0 Å². The average molecular weight is 297 g/mol. The molecule has 4 heteroatoms. The van der Waals surface area contributed by atoms with E-state index >= 15 is 0 Å². The van der Waals surface area contributed by atoms with Crippen molar-refractivity contribution in [2.45, 2.75) is 58.2 Å². The van der Waals surface area contributed by atoms with Gasteiger partial charge in [0.2, 0.25) is 0 Å². The van der Waals surface area contributed by atoms with Crippen LogP contribution >= 0.6 is 0 Å². The molecule has 0 saturated carbocycles. The first-order chi connectivity index (χ1) is 10.1. The van der Waals surface area contributed by atoms with Gasteiger partial charge in [0.25, 0.3) is 0 Å². The zero-order valence-corrected chi connectivity index (χ0v) is 14.6. The molecule has 0 aliphatic carbocycles. The van der Waals surface area contributed by atoms with E-state index in [1.54, 1.807) is 0 Å². The molecule has 0 amide bonds. The minimum atomic E-state index is 0.620. The molecule has 0 aromatic heterocycles. The predicted octanol–water partition coefficient (Wildman–Crippen LogP) is 1.38. The van der Waals surface area contributed by atoms with E-state index in [0.29, 0.717) is 12.1 Å². The van der Waals surface area contributed by atoms with Gasteiger partial charge in [0, 0.05) is 50.8 Å². The molecule has 3 unspecified atom stereocenters. The summed E-state index contributed by atoms with van der Waals surface area (Å²) in [6.07, 6.45) is 3.99. The van der Waals surface area contributed by atoms with Crippen LogP contribution in [0, 0.1) is 5.92 Å². The Morgan fingerprint density at radius 2 is 1.86 bits per heavy atom. The van der Waals surface area contributed by atoms with Gasteiger partial charge in [-0.05, 0) is 45.7 Å². The van der Waals surface area contributed by atoms with Gasteiger partial charge in [-0.2, -0.15) is 0 Å². The van der Waals surface area contributed by atoms with Crippen molar-refractivity contribution in [3.63, 3.8) is 0 Å². The molecule has 2 N–H and O–H groups in total. The van der Waals surface area contributed by atoms with Crippen molar-refractivity contribution in [1.29, 1.82) is 0 Å². The Labute approximate surface area is 131 Å². The maximum absolute atomic E-state index is 3.80. The molecule has 0 spiro atoms. The third-order valence-corrected chi connectivity index (χ3v) is 5.25. The smallest absolute Gasteiger partial charge is 0.0244 e. The van der Waals surface area contributed by atoms with Crippen LogP contribution in [0.3, 0.4) is 0 Å². The fourth-order valence-corrected chi connectivity index (χ4v) is 3.73. The molecule has 2 fully saturated rings. The third-order valence-electron chi connectivity index (χ3n) is 5.25. The van der Waals surface area contributed by atoms with Gasteiger partial charge in [-0.1, -0.05) is 13.8 Å². The summed E-state index contributed by atoms with van der Waals surface area (Å²) in [5, 5.41) is 7.41. The summed E-state index contributed by atoms with van der Waals surface area (Å²) in [6.45, 7) is 14.3. The normalized spacial score (nSPS) is 28.1. The summed E-state index contributed by atoms with van der Waals surface area (Å²) in [5.74, 6) is 0.720. The number of rotatable bonds is 7. The second-order valence-electron chi connectivity index (χ2n) is 7.49. The molecule has 0 aromatic carbocycles. The van der Waals surface area contributed by atoms with E-state index in [4.69, 9.17) is 0 Å². The average Bonchev–Trinajstić information content (AvgIpc) is 2.93. The largest absolute Gasteiger partial charge is 0.314 e. The van der Waals surface area contributed by atoms with Gasteiger partial charge >= 0.3 is 0 Å². The first kappa shape index (κ1) is 17.2. The van der Waals surface area contributed by atoms with Gasteiger partial charge in [-0.15, -0.1) is 0 Å². The topological polar surface area (TPSA) is 30.5 Å². The van der Waals surface area contributed by atoms with Crippen molar-refractivity contribution in [3.8, 4) is 0 Å². The molecule has 2 aliphatic rings. The van der Waals surface area contributed by atoms with Crippen LogP contribution < -0.4 is 10.6 Å². The van der Waals surface area contributed by atoms with E-state index in [1.807, 2.05) is 0 Å². The summed E-state index contributed by atoms with van der Waals surface area (Å²) in [7, 11) is 2.23. The minimum absolute atomic E-state index is 0.620. The quantitative estimate of drug-likeness (QED) is 0.743. The fourth-order valence-electron chi connectivity index (χ4n) is 3.73. The predicted molar refractivity (Wildman–Crippen MR) is 90.8 cm³/mol. The summed E-state index contributed by atoms with van der Waals surface area (Å²) in [4.78, 5) is 5.13. The highest BCUT2D eigenvalue weighted by Gasteiger charge is 2.25. The molecule has 4 nitrogen and oxygen atoms in total. The molecule has 124 valence electrons. The highest BCUT2D eigenvalue weighted by molar-refractivity contribution is 4.84. The zero-order chi connectivity index (χ0) is 15.2. The van der Waals surface area contributed by atoms with Crippen molar-refractivity contribution < 1.29 is 0 Å². The van der Waals surface area contributed by atoms with E-state index in [1.165, 1.54) is 52.0 Å². The van der Waals surface area contributed by atoms with Crippen molar-refractivity contribution in [1.82, 2.24) is 20.4 Å². The summed E-state index contributed by atoms with van der Waals surface area (Å²) in [5.41, 5.74) is 0. The molecule has 2 heterocycles. The van der Waals surface area contributed by atoms with Crippen LogP contribution in [-0.4, -0.2) is 74.2 Å². The minimum Gasteiger partial charge on any atom is -0.314 e. The maximum atomic E-state index is 3.80. The number of hydrogen-bond donors (Lipinski definition) is 2. The van der Waals surface area contributed by atoms with E-state index in [9.17, 15) is 0 Å². The van der Waals surface area contributed by atoms with E-state index < -0.39 is 0 Å². The number of hydrogen-bond acceptors (Lipinski definition) is 4. The number of nitrogens with one attached hydrogen (secondary N) is 2. The van der Waals surface area contributed by atoms with Crippen LogP contribution in [0.25, 0.3) is 0 Å². The second-order valence-corrected chi connectivity index (χ2v) is 7.49. The number of nitrogens with zero attached hydrogens (tertiary/aromatic N) is 2. The fraction of sp³-hybridized carbons (Fsp3) is 1.00. The third kappa shape index (κ3) is 5.51. The van der Waals surface area contributed by atoms with E-state index in [2.05, 4.69) is 48.3 Å².